The third-order valence-electron chi connectivity index (χ3n) is 4.70. The van der Waals surface area contributed by atoms with E-state index in [9.17, 15) is 8.42 Å². The summed E-state index contributed by atoms with van der Waals surface area (Å²) in [5.74, 6) is 1.14. The molecule has 0 atom stereocenters. The molecule has 0 amide bonds. The maximum atomic E-state index is 11.4. The van der Waals surface area contributed by atoms with Crippen LogP contribution in [0.1, 0.15) is 36.8 Å². The number of aliphatic imine (C=N–C) groups is 1. The van der Waals surface area contributed by atoms with E-state index in [1.807, 2.05) is 12.1 Å². The van der Waals surface area contributed by atoms with Crippen molar-refractivity contribution in [3.05, 3.63) is 71.8 Å². The minimum Gasteiger partial charge on any atom is -0.356 e. The molecule has 8 heteroatoms. The van der Waals surface area contributed by atoms with Gasteiger partial charge < -0.3 is 10.6 Å². The first kappa shape index (κ1) is 26.4. The summed E-state index contributed by atoms with van der Waals surface area (Å²) in [7, 11) is -1.39. The Hall–Kier alpha value is -1.65. The lowest BCUT2D eigenvalue weighted by Crippen LogP contribution is -2.39. The van der Waals surface area contributed by atoms with Gasteiger partial charge >= 0.3 is 0 Å². The highest BCUT2D eigenvalue weighted by Crippen LogP contribution is 2.27. The number of guanidine groups is 1. The fourth-order valence-electron chi connectivity index (χ4n) is 3.08. The summed E-state index contributed by atoms with van der Waals surface area (Å²) in [4.78, 5) is 4.25. The first-order valence-electron chi connectivity index (χ1n) is 10.1. The van der Waals surface area contributed by atoms with Crippen LogP contribution in [0.5, 0.6) is 0 Å². The lowest BCUT2D eigenvalue weighted by atomic mass is 9.88. The summed E-state index contributed by atoms with van der Waals surface area (Å²) in [6.45, 7) is 3.47. The highest BCUT2D eigenvalue weighted by atomic mass is 127. The predicted molar refractivity (Wildman–Crippen MR) is 136 cm³/mol. The van der Waals surface area contributed by atoms with Crippen molar-refractivity contribution < 1.29 is 8.42 Å². The second-order valence-electron chi connectivity index (χ2n) is 6.74. The zero-order valence-electron chi connectivity index (χ0n) is 17.7. The van der Waals surface area contributed by atoms with Crippen molar-refractivity contribution in [1.82, 2.24) is 15.4 Å². The van der Waals surface area contributed by atoms with E-state index >= 15 is 0 Å². The molecule has 2 aromatic rings. The van der Waals surface area contributed by atoms with Gasteiger partial charge in [-0.1, -0.05) is 60.7 Å². The Morgan fingerprint density at radius 1 is 0.900 bits per heavy atom. The molecule has 0 unspecified atom stereocenters. The van der Waals surface area contributed by atoms with Gasteiger partial charge in [-0.2, -0.15) is 0 Å². The van der Waals surface area contributed by atoms with E-state index in [1.54, 1.807) is 14.0 Å². The van der Waals surface area contributed by atoms with E-state index < -0.39 is 10.0 Å². The van der Waals surface area contributed by atoms with Crippen LogP contribution < -0.4 is 15.4 Å². The van der Waals surface area contributed by atoms with Gasteiger partial charge in [-0.05, 0) is 30.9 Å². The molecule has 2 rings (SSSR count). The van der Waals surface area contributed by atoms with Gasteiger partial charge in [-0.15, -0.1) is 24.0 Å². The topological polar surface area (TPSA) is 82.6 Å². The second kappa shape index (κ2) is 14.4. The maximum absolute atomic E-state index is 11.4. The van der Waals surface area contributed by atoms with Crippen molar-refractivity contribution >= 4 is 40.0 Å². The molecule has 166 valence electrons. The molecular formula is C22H33IN4O2S. The van der Waals surface area contributed by atoms with Gasteiger partial charge in [0.25, 0.3) is 0 Å². The number of halogens is 1. The van der Waals surface area contributed by atoms with E-state index in [1.165, 1.54) is 11.1 Å². The fraction of sp³-hybridized carbons (Fsp3) is 0.409. The minimum absolute atomic E-state index is 0. The summed E-state index contributed by atoms with van der Waals surface area (Å²) in [6.07, 6.45) is 1.63. The SMILES string of the molecule is CCS(=O)(=O)NCCCNC(=NC)NCCC(c1ccccc1)c1ccccc1.I. The third-order valence-corrected chi connectivity index (χ3v) is 6.10. The Labute approximate surface area is 198 Å². The zero-order valence-corrected chi connectivity index (χ0v) is 20.8. The molecule has 0 aliphatic rings. The summed E-state index contributed by atoms with van der Waals surface area (Å²) in [5.41, 5.74) is 2.60. The lowest BCUT2D eigenvalue weighted by Gasteiger charge is -2.19. The van der Waals surface area contributed by atoms with E-state index in [-0.39, 0.29) is 29.7 Å². The van der Waals surface area contributed by atoms with Crippen molar-refractivity contribution in [3.63, 3.8) is 0 Å². The number of hydrogen-bond donors (Lipinski definition) is 3. The molecular weight excluding hydrogens is 511 g/mol. The van der Waals surface area contributed by atoms with Crippen molar-refractivity contribution in [2.75, 3.05) is 32.4 Å². The molecule has 0 spiro atoms. The van der Waals surface area contributed by atoms with Gasteiger partial charge in [0.1, 0.15) is 0 Å². The van der Waals surface area contributed by atoms with Crippen LogP contribution in [0.2, 0.25) is 0 Å². The number of rotatable bonds is 11. The maximum Gasteiger partial charge on any atom is 0.211 e. The smallest absolute Gasteiger partial charge is 0.211 e. The summed E-state index contributed by atoms with van der Waals surface area (Å²) < 4.78 is 25.4. The lowest BCUT2D eigenvalue weighted by molar-refractivity contribution is 0.579. The highest BCUT2D eigenvalue weighted by Gasteiger charge is 2.13. The molecule has 0 radical (unpaired) electrons. The van der Waals surface area contributed by atoms with Crippen molar-refractivity contribution in [2.45, 2.75) is 25.7 Å². The molecule has 0 bridgehead atoms. The molecule has 0 aliphatic heterocycles. The van der Waals surface area contributed by atoms with Crippen LogP contribution in [-0.2, 0) is 10.0 Å². The van der Waals surface area contributed by atoms with Crippen LogP contribution in [0.25, 0.3) is 0 Å². The standard InChI is InChI=1S/C22H32N4O2S.HI/c1-3-29(27,28)26-17-10-16-24-22(23-2)25-18-15-21(19-11-6-4-7-12-19)20-13-8-5-9-14-20;/h4-9,11-14,21,26H,3,10,15-18H2,1-2H3,(H2,23,24,25);1H. The summed E-state index contributed by atoms with van der Waals surface area (Å²) in [5, 5.41) is 6.59. The van der Waals surface area contributed by atoms with Gasteiger partial charge in [0, 0.05) is 32.6 Å². The quantitative estimate of drug-likeness (QED) is 0.176. The van der Waals surface area contributed by atoms with Gasteiger partial charge in [0.05, 0.1) is 5.75 Å². The van der Waals surface area contributed by atoms with Crippen LogP contribution in [0.4, 0.5) is 0 Å². The van der Waals surface area contributed by atoms with Gasteiger partial charge in [0.15, 0.2) is 5.96 Å². The second-order valence-corrected chi connectivity index (χ2v) is 8.84. The largest absolute Gasteiger partial charge is 0.356 e. The van der Waals surface area contributed by atoms with E-state index in [0.29, 0.717) is 25.4 Å². The molecule has 3 N–H and O–H groups in total. The number of sulfonamides is 1. The van der Waals surface area contributed by atoms with Crippen LogP contribution in [0.15, 0.2) is 65.7 Å². The molecule has 2 aromatic carbocycles. The van der Waals surface area contributed by atoms with Gasteiger partial charge in [-0.3, -0.25) is 4.99 Å². The zero-order chi connectivity index (χ0) is 21.0. The van der Waals surface area contributed by atoms with E-state index in [0.717, 1.165) is 18.9 Å². The van der Waals surface area contributed by atoms with Crippen LogP contribution in [0.3, 0.4) is 0 Å². The molecule has 30 heavy (non-hydrogen) atoms. The van der Waals surface area contributed by atoms with Gasteiger partial charge in [-0.25, -0.2) is 13.1 Å². The van der Waals surface area contributed by atoms with Crippen LogP contribution in [0, 0.1) is 0 Å². The summed E-state index contributed by atoms with van der Waals surface area (Å²) in [6, 6.07) is 21.1. The van der Waals surface area contributed by atoms with E-state index in [2.05, 4.69) is 68.9 Å². The number of benzene rings is 2. The molecule has 0 saturated heterocycles. The number of hydrogen-bond acceptors (Lipinski definition) is 3. The molecule has 0 aliphatic carbocycles. The first-order chi connectivity index (χ1) is 14.1. The Morgan fingerprint density at radius 2 is 1.43 bits per heavy atom. The van der Waals surface area contributed by atoms with Crippen LogP contribution >= 0.6 is 24.0 Å². The highest BCUT2D eigenvalue weighted by molar-refractivity contribution is 14.0. The number of nitrogens with zero attached hydrogens (tertiary/aromatic N) is 1. The Morgan fingerprint density at radius 3 is 1.93 bits per heavy atom. The Kier molecular flexibility index (Phi) is 12.6. The van der Waals surface area contributed by atoms with Crippen molar-refractivity contribution in [1.29, 1.82) is 0 Å². The van der Waals surface area contributed by atoms with E-state index in [4.69, 9.17) is 0 Å². The number of nitrogens with one attached hydrogen (secondary N) is 3. The fourth-order valence-corrected chi connectivity index (χ4v) is 3.74. The van der Waals surface area contributed by atoms with Gasteiger partial charge in [0.2, 0.25) is 10.0 Å². The minimum atomic E-state index is -3.13. The third kappa shape index (κ3) is 9.44. The normalized spacial score (nSPS) is 11.8. The van der Waals surface area contributed by atoms with Crippen LogP contribution in [-0.4, -0.2) is 46.8 Å². The Bertz CT molecular complexity index is 806. The Balaban J connectivity index is 0.00000450. The molecule has 6 nitrogen and oxygen atoms in total. The monoisotopic (exact) mass is 544 g/mol. The summed E-state index contributed by atoms with van der Waals surface area (Å²) >= 11 is 0. The molecule has 0 fully saturated rings. The van der Waals surface area contributed by atoms with Crippen molar-refractivity contribution in [3.8, 4) is 0 Å². The molecule has 0 heterocycles. The van der Waals surface area contributed by atoms with Crippen molar-refractivity contribution in [2.24, 2.45) is 4.99 Å². The average molecular weight is 545 g/mol. The first-order valence-corrected chi connectivity index (χ1v) is 11.7. The molecule has 0 aromatic heterocycles. The average Bonchev–Trinajstić information content (AvgIpc) is 2.76. The molecule has 0 saturated carbocycles. The predicted octanol–water partition coefficient (Wildman–Crippen LogP) is 3.32.